The first-order valence-electron chi connectivity index (χ1n) is 4.17. The quantitative estimate of drug-likeness (QED) is 0.607. The molecule has 66 valence electrons. The molecule has 0 aliphatic heterocycles. The molecule has 0 aliphatic rings. The third-order valence-corrected chi connectivity index (χ3v) is 1.83. The predicted molar refractivity (Wildman–Crippen MR) is 51.8 cm³/mol. The lowest BCUT2D eigenvalue weighted by Gasteiger charge is -2.20. The van der Waals surface area contributed by atoms with Crippen molar-refractivity contribution in [2.75, 3.05) is 19.7 Å². The molecule has 0 aromatic heterocycles. The van der Waals surface area contributed by atoms with E-state index in [4.69, 9.17) is 17.0 Å². The summed E-state index contributed by atoms with van der Waals surface area (Å²) in [7, 11) is 0. The van der Waals surface area contributed by atoms with E-state index in [-0.39, 0.29) is 0 Å². The summed E-state index contributed by atoms with van der Waals surface area (Å²) in [5, 5.41) is 0.636. The maximum Gasteiger partial charge on any atom is 0.259 e. The zero-order chi connectivity index (χ0) is 8.69. The summed E-state index contributed by atoms with van der Waals surface area (Å²) in [5.41, 5.74) is 0. The van der Waals surface area contributed by atoms with E-state index in [9.17, 15) is 0 Å². The Morgan fingerprint density at radius 3 is 2.18 bits per heavy atom. The summed E-state index contributed by atoms with van der Waals surface area (Å²) in [6, 6.07) is 0. The highest BCUT2D eigenvalue weighted by Gasteiger charge is 2.03. The van der Waals surface area contributed by atoms with Gasteiger partial charge in [0.15, 0.2) is 0 Å². The second-order valence-electron chi connectivity index (χ2n) is 2.29. The molecule has 0 spiro atoms. The van der Waals surface area contributed by atoms with Crippen molar-refractivity contribution in [1.82, 2.24) is 4.90 Å². The fraction of sp³-hybridized carbons (Fsp3) is 0.875. The minimum atomic E-state index is 0.636. The van der Waals surface area contributed by atoms with Crippen LogP contribution in [-0.2, 0) is 4.74 Å². The summed E-state index contributed by atoms with van der Waals surface area (Å²) in [4.78, 5) is 2.03. The van der Waals surface area contributed by atoms with E-state index in [1.54, 1.807) is 0 Å². The van der Waals surface area contributed by atoms with Crippen molar-refractivity contribution < 1.29 is 4.74 Å². The molecule has 0 rings (SSSR count). The van der Waals surface area contributed by atoms with Gasteiger partial charge in [-0.3, -0.25) is 0 Å². The molecule has 2 nitrogen and oxygen atoms in total. The van der Waals surface area contributed by atoms with Gasteiger partial charge in [-0.15, -0.1) is 0 Å². The normalized spacial score (nSPS) is 9.36. The molecular formula is C8H17NOS. The molecule has 0 saturated carbocycles. The van der Waals surface area contributed by atoms with Gasteiger partial charge in [-0.25, -0.2) is 0 Å². The molecule has 0 aliphatic carbocycles. The molecule has 0 atom stereocenters. The first-order chi connectivity index (χ1) is 5.26. The van der Waals surface area contributed by atoms with Crippen LogP contribution in [0.5, 0.6) is 0 Å². The van der Waals surface area contributed by atoms with Crippen LogP contribution in [0.4, 0.5) is 0 Å². The van der Waals surface area contributed by atoms with Gasteiger partial charge in [0.2, 0.25) is 0 Å². The Bertz CT molecular complexity index is 113. The molecule has 0 heterocycles. The number of thiocarbonyl (C=S) groups is 1. The van der Waals surface area contributed by atoms with E-state index in [0.717, 1.165) is 26.1 Å². The van der Waals surface area contributed by atoms with Crippen LogP contribution < -0.4 is 0 Å². The largest absolute Gasteiger partial charge is 0.471 e. The first-order valence-corrected chi connectivity index (χ1v) is 4.58. The minimum absolute atomic E-state index is 0.636. The summed E-state index contributed by atoms with van der Waals surface area (Å²) >= 11 is 5.04. The van der Waals surface area contributed by atoms with Gasteiger partial charge in [-0.05, 0) is 32.5 Å². The minimum Gasteiger partial charge on any atom is -0.471 e. The fourth-order valence-electron chi connectivity index (χ4n) is 0.762. The lowest BCUT2D eigenvalue weighted by atomic mass is 10.5. The molecule has 0 unspecified atom stereocenters. The maximum absolute atomic E-state index is 5.29. The van der Waals surface area contributed by atoms with Crippen molar-refractivity contribution in [3.05, 3.63) is 0 Å². The van der Waals surface area contributed by atoms with Gasteiger partial charge >= 0.3 is 0 Å². The average molecular weight is 175 g/mol. The lowest BCUT2D eigenvalue weighted by molar-refractivity contribution is 0.249. The second-order valence-corrected chi connectivity index (χ2v) is 2.64. The molecule has 0 bridgehead atoms. The molecule has 0 N–H and O–H groups in total. The van der Waals surface area contributed by atoms with Crippen LogP contribution in [0.2, 0.25) is 0 Å². The fourth-order valence-corrected chi connectivity index (χ4v) is 1.10. The highest BCUT2D eigenvalue weighted by Crippen LogP contribution is 1.94. The van der Waals surface area contributed by atoms with Crippen LogP contribution >= 0.6 is 12.2 Å². The van der Waals surface area contributed by atoms with E-state index >= 15 is 0 Å². The van der Waals surface area contributed by atoms with E-state index in [0.29, 0.717) is 5.17 Å². The van der Waals surface area contributed by atoms with Gasteiger partial charge in [-0.2, -0.15) is 0 Å². The molecule has 0 radical (unpaired) electrons. The third-order valence-electron chi connectivity index (χ3n) is 1.45. The highest BCUT2D eigenvalue weighted by molar-refractivity contribution is 7.80. The molecule has 11 heavy (non-hydrogen) atoms. The van der Waals surface area contributed by atoms with E-state index in [1.807, 2.05) is 4.90 Å². The third kappa shape index (κ3) is 4.19. The van der Waals surface area contributed by atoms with Gasteiger partial charge in [0.1, 0.15) is 0 Å². The van der Waals surface area contributed by atoms with Crippen molar-refractivity contribution in [3.63, 3.8) is 0 Å². The zero-order valence-electron chi connectivity index (χ0n) is 7.59. The molecule has 0 amide bonds. The van der Waals surface area contributed by atoms with Crippen molar-refractivity contribution in [1.29, 1.82) is 0 Å². The van der Waals surface area contributed by atoms with Gasteiger partial charge in [0.25, 0.3) is 5.17 Å². The number of hydrogen-bond acceptors (Lipinski definition) is 2. The molecule has 0 aromatic rings. The Kier molecular flexibility index (Phi) is 6.22. The van der Waals surface area contributed by atoms with E-state index < -0.39 is 0 Å². The smallest absolute Gasteiger partial charge is 0.259 e. The van der Waals surface area contributed by atoms with E-state index in [2.05, 4.69) is 20.8 Å². The van der Waals surface area contributed by atoms with Crippen LogP contribution in [0.25, 0.3) is 0 Å². The Morgan fingerprint density at radius 1 is 1.27 bits per heavy atom. The Labute approximate surface area is 74.5 Å². The van der Waals surface area contributed by atoms with E-state index in [1.165, 1.54) is 0 Å². The van der Waals surface area contributed by atoms with Gasteiger partial charge in [0.05, 0.1) is 6.61 Å². The molecule has 3 heteroatoms. The molecule has 0 aromatic carbocycles. The SMILES string of the molecule is CCCOC(=S)N(CC)CC. The lowest BCUT2D eigenvalue weighted by Crippen LogP contribution is -2.30. The Balaban J connectivity index is 3.61. The topological polar surface area (TPSA) is 12.5 Å². The van der Waals surface area contributed by atoms with Crippen LogP contribution in [0.15, 0.2) is 0 Å². The molecule has 0 saturated heterocycles. The van der Waals surface area contributed by atoms with Crippen LogP contribution in [0.3, 0.4) is 0 Å². The summed E-state index contributed by atoms with van der Waals surface area (Å²) in [6.45, 7) is 8.81. The Hall–Kier alpha value is -0.310. The van der Waals surface area contributed by atoms with Crippen LogP contribution in [0.1, 0.15) is 27.2 Å². The molecular weight excluding hydrogens is 158 g/mol. The number of ether oxygens (including phenoxy) is 1. The number of rotatable bonds is 4. The van der Waals surface area contributed by atoms with Crippen molar-refractivity contribution in [3.8, 4) is 0 Å². The molecule has 0 fully saturated rings. The van der Waals surface area contributed by atoms with Gasteiger partial charge in [0, 0.05) is 13.1 Å². The maximum atomic E-state index is 5.29. The predicted octanol–water partition coefficient (Wildman–Crippen LogP) is 2.04. The van der Waals surface area contributed by atoms with Crippen molar-refractivity contribution >= 4 is 17.4 Å². The summed E-state index contributed by atoms with van der Waals surface area (Å²) in [5.74, 6) is 0. The number of hydrogen-bond donors (Lipinski definition) is 0. The highest BCUT2D eigenvalue weighted by atomic mass is 32.1. The number of nitrogens with zero attached hydrogens (tertiary/aromatic N) is 1. The van der Waals surface area contributed by atoms with Crippen LogP contribution in [0, 0.1) is 0 Å². The van der Waals surface area contributed by atoms with Gasteiger partial charge < -0.3 is 9.64 Å². The Morgan fingerprint density at radius 2 is 1.82 bits per heavy atom. The summed E-state index contributed by atoms with van der Waals surface area (Å²) < 4.78 is 5.29. The second kappa shape index (κ2) is 6.40. The summed E-state index contributed by atoms with van der Waals surface area (Å²) in [6.07, 6.45) is 1.02. The van der Waals surface area contributed by atoms with Crippen molar-refractivity contribution in [2.45, 2.75) is 27.2 Å². The average Bonchev–Trinajstić information content (AvgIpc) is 2.03. The monoisotopic (exact) mass is 175 g/mol. The zero-order valence-corrected chi connectivity index (χ0v) is 8.41. The van der Waals surface area contributed by atoms with Crippen LogP contribution in [-0.4, -0.2) is 29.8 Å². The van der Waals surface area contributed by atoms with Crippen molar-refractivity contribution in [2.24, 2.45) is 0 Å². The van der Waals surface area contributed by atoms with Gasteiger partial charge in [-0.1, -0.05) is 6.92 Å². The first kappa shape index (κ1) is 10.7. The standard InChI is InChI=1S/C8H17NOS/c1-4-7-10-8(11)9(5-2)6-3/h4-7H2,1-3H3.